The van der Waals surface area contributed by atoms with E-state index in [2.05, 4.69) is 20.6 Å². The van der Waals surface area contributed by atoms with E-state index in [1.165, 1.54) is 6.07 Å². The molecular weight excluding hydrogens is 420 g/mol. The number of aromatic nitrogens is 1. The van der Waals surface area contributed by atoms with E-state index in [-0.39, 0.29) is 29.8 Å². The number of guanidine groups is 1. The van der Waals surface area contributed by atoms with Crippen molar-refractivity contribution in [2.75, 3.05) is 26.0 Å². The average Bonchev–Trinajstić information content (AvgIpc) is 2.56. The van der Waals surface area contributed by atoms with E-state index in [1.807, 2.05) is 37.2 Å². The zero-order valence-corrected chi connectivity index (χ0v) is 16.4. The van der Waals surface area contributed by atoms with Crippen molar-refractivity contribution in [3.8, 4) is 0 Å². The fourth-order valence-electron chi connectivity index (χ4n) is 2.04. The third kappa shape index (κ3) is 5.95. The maximum atomic E-state index is 13.6. The van der Waals surface area contributed by atoms with Crippen LogP contribution < -0.4 is 15.5 Å². The predicted molar refractivity (Wildman–Crippen MR) is 107 cm³/mol. The van der Waals surface area contributed by atoms with Gasteiger partial charge >= 0.3 is 0 Å². The Labute approximate surface area is 159 Å². The zero-order valence-electron chi connectivity index (χ0n) is 14.1. The molecule has 0 aliphatic heterocycles. The number of hydrogen-bond acceptors (Lipinski definition) is 3. The molecule has 2 aromatic rings. The second-order valence-electron chi connectivity index (χ2n) is 5.29. The summed E-state index contributed by atoms with van der Waals surface area (Å²) in [6.45, 7) is 0.992. The van der Waals surface area contributed by atoms with Crippen LogP contribution in [0.5, 0.6) is 0 Å². The van der Waals surface area contributed by atoms with E-state index in [4.69, 9.17) is 0 Å². The number of rotatable bonds is 5. The molecule has 5 nitrogen and oxygen atoms in total. The predicted octanol–water partition coefficient (Wildman–Crippen LogP) is 2.77. The molecule has 2 N–H and O–H groups in total. The lowest BCUT2D eigenvalue weighted by Gasteiger charge is -2.14. The van der Waals surface area contributed by atoms with Crippen LogP contribution in [0.4, 0.5) is 10.2 Å². The van der Waals surface area contributed by atoms with Gasteiger partial charge in [0.1, 0.15) is 11.6 Å². The number of nitrogens with one attached hydrogen (secondary N) is 2. The lowest BCUT2D eigenvalue weighted by Crippen LogP contribution is -2.36. The van der Waals surface area contributed by atoms with Crippen LogP contribution in [0.3, 0.4) is 0 Å². The number of benzene rings is 1. The van der Waals surface area contributed by atoms with Gasteiger partial charge in [0.2, 0.25) is 0 Å². The summed E-state index contributed by atoms with van der Waals surface area (Å²) in [7, 11) is 5.59. The summed E-state index contributed by atoms with van der Waals surface area (Å²) in [6, 6.07) is 10.7. The minimum Gasteiger partial charge on any atom is -0.363 e. The Morgan fingerprint density at radius 3 is 2.54 bits per heavy atom. The van der Waals surface area contributed by atoms with E-state index in [0.29, 0.717) is 24.6 Å². The molecule has 0 spiro atoms. The van der Waals surface area contributed by atoms with Crippen molar-refractivity contribution in [2.45, 2.75) is 13.1 Å². The molecule has 0 fully saturated rings. The molecular formula is C17H23FIN5. The van der Waals surface area contributed by atoms with Crippen LogP contribution in [0.2, 0.25) is 0 Å². The van der Waals surface area contributed by atoms with Crippen molar-refractivity contribution >= 4 is 35.8 Å². The van der Waals surface area contributed by atoms with Crippen molar-refractivity contribution in [1.29, 1.82) is 0 Å². The molecule has 1 aromatic heterocycles. The first kappa shape index (κ1) is 20.1. The molecule has 0 radical (unpaired) electrons. The molecule has 0 unspecified atom stereocenters. The Morgan fingerprint density at radius 2 is 1.88 bits per heavy atom. The molecule has 0 saturated carbocycles. The second-order valence-corrected chi connectivity index (χ2v) is 5.29. The van der Waals surface area contributed by atoms with Gasteiger partial charge in [-0.2, -0.15) is 0 Å². The van der Waals surface area contributed by atoms with Crippen molar-refractivity contribution in [1.82, 2.24) is 15.6 Å². The summed E-state index contributed by atoms with van der Waals surface area (Å²) in [5.74, 6) is 1.30. The fourth-order valence-corrected chi connectivity index (χ4v) is 2.04. The smallest absolute Gasteiger partial charge is 0.191 e. The van der Waals surface area contributed by atoms with Gasteiger partial charge in [-0.1, -0.05) is 18.2 Å². The summed E-state index contributed by atoms with van der Waals surface area (Å²) < 4.78 is 13.6. The lowest BCUT2D eigenvalue weighted by molar-refractivity contribution is 0.604. The maximum Gasteiger partial charge on any atom is 0.191 e. The van der Waals surface area contributed by atoms with Gasteiger partial charge in [0, 0.05) is 46.0 Å². The molecule has 0 aliphatic carbocycles. The minimum atomic E-state index is -0.222. The molecule has 130 valence electrons. The topological polar surface area (TPSA) is 52.6 Å². The van der Waals surface area contributed by atoms with Gasteiger partial charge in [-0.3, -0.25) is 4.99 Å². The minimum absolute atomic E-state index is 0. The van der Waals surface area contributed by atoms with Crippen LogP contribution >= 0.6 is 24.0 Å². The number of aliphatic imine (C=N–C) groups is 1. The first-order valence-corrected chi connectivity index (χ1v) is 7.40. The normalized spacial score (nSPS) is 10.8. The Hall–Kier alpha value is -1.90. The fraction of sp³-hybridized carbons (Fsp3) is 0.294. The maximum absolute atomic E-state index is 13.6. The SMILES string of the molecule is CN=C(NCc1ccnc(N(C)C)c1)NCc1ccccc1F.I. The van der Waals surface area contributed by atoms with Crippen molar-refractivity contribution in [3.63, 3.8) is 0 Å². The van der Waals surface area contributed by atoms with Gasteiger partial charge < -0.3 is 15.5 Å². The third-order valence-electron chi connectivity index (χ3n) is 3.36. The lowest BCUT2D eigenvalue weighted by atomic mass is 10.2. The Balaban J connectivity index is 0.00000288. The molecule has 0 bridgehead atoms. The Morgan fingerprint density at radius 1 is 1.17 bits per heavy atom. The molecule has 1 aromatic carbocycles. The van der Waals surface area contributed by atoms with E-state index < -0.39 is 0 Å². The van der Waals surface area contributed by atoms with Crippen LogP contribution in [0, 0.1) is 5.82 Å². The van der Waals surface area contributed by atoms with Gasteiger partial charge in [-0.05, 0) is 23.8 Å². The second kappa shape index (κ2) is 10.1. The molecule has 0 atom stereocenters. The van der Waals surface area contributed by atoms with Crippen LogP contribution in [0.1, 0.15) is 11.1 Å². The molecule has 2 rings (SSSR count). The number of anilines is 1. The Kier molecular flexibility index (Phi) is 8.45. The summed E-state index contributed by atoms with van der Waals surface area (Å²) in [5.41, 5.74) is 1.70. The van der Waals surface area contributed by atoms with Gasteiger partial charge in [-0.25, -0.2) is 9.37 Å². The van der Waals surface area contributed by atoms with E-state index in [9.17, 15) is 4.39 Å². The molecule has 0 amide bonds. The number of halogens is 2. The highest BCUT2D eigenvalue weighted by atomic mass is 127. The highest BCUT2D eigenvalue weighted by Crippen LogP contribution is 2.09. The zero-order chi connectivity index (χ0) is 16.7. The van der Waals surface area contributed by atoms with E-state index in [1.54, 1.807) is 25.4 Å². The van der Waals surface area contributed by atoms with Crippen molar-refractivity contribution < 1.29 is 4.39 Å². The van der Waals surface area contributed by atoms with Crippen molar-refractivity contribution in [2.24, 2.45) is 4.99 Å². The third-order valence-corrected chi connectivity index (χ3v) is 3.36. The summed E-state index contributed by atoms with van der Waals surface area (Å²) in [4.78, 5) is 10.4. The molecule has 0 saturated heterocycles. The number of nitrogens with zero attached hydrogens (tertiary/aromatic N) is 3. The van der Waals surface area contributed by atoms with Gasteiger partial charge in [0.15, 0.2) is 5.96 Å². The van der Waals surface area contributed by atoms with Crippen molar-refractivity contribution in [3.05, 3.63) is 59.5 Å². The number of pyridine rings is 1. The molecule has 7 heteroatoms. The van der Waals surface area contributed by atoms with Crippen LogP contribution in [-0.4, -0.2) is 32.1 Å². The Bertz CT molecular complexity index is 676. The molecule has 24 heavy (non-hydrogen) atoms. The van der Waals surface area contributed by atoms with Gasteiger partial charge in [0.25, 0.3) is 0 Å². The average molecular weight is 443 g/mol. The summed E-state index contributed by atoms with van der Waals surface area (Å²) in [6.07, 6.45) is 1.78. The van der Waals surface area contributed by atoms with Crippen LogP contribution in [0.15, 0.2) is 47.6 Å². The van der Waals surface area contributed by atoms with Gasteiger partial charge in [-0.15, -0.1) is 24.0 Å². The van der Waals surface area contributed by atoms with E-state index >= 15 is 0 Å². The number of hydrogen-bond donors (Lipinski definition) is 2. The largest absolute Gasteiger partial charge is 0.363 e. The highest BCUT2D eigenvalue weighted by molar-refractivity contribution is 14.0. The quantitative estimate of drug-likeness (QED) is 0.424. The van der Waals surface area contributed by atoms with E-state index in [0.717, 1.165) is 11.4 Å². The first-order chi connectivity index (χ1) is 11.1. The monoisotopic (exact) mass is 443 g/mol. The first-order valence-electron chi connectivity index (χ1n) is 7.40. The summed E-state index contributed by atoms with van der Waals surface area (Å²) >= 11 is 0. The van der Waals surface area contributed by atoms with Crippen LogP contribution in [0.25, 0.3) is 0 Å². The standard InChI is InChI=1S/C17H22FN5.HI/c1-19-17(22-12-14-6-4-5-7-15(14)18)21-11-13-8-9-20-16(10-13)23(2)3;/h4-10H,11-12H2,1-3H3,(H2,19,21,22);1H. The summed E-state index contributed by atoms with van der Waals surface area (Å²) in [5, 5.41) is 6.32. The molecule has 0 aliphatic rings. The molecule has 1 heterocycles. The van der Waals surface area contributed by atoms with Crippen LogP contribution in [-0.2, 0) is 13.1 Å². The van der Waals surface area contributed by atoms with Gasteiger partial charge in [0.05, 0.1) is 0 Å². The highest BCUT2D eigenvalue weighted by Gasteiger charge is 2.04.